The van der Waals surface area contributed by atoms with Gasteiger partial charge in [-0.25, -0.2) is 4.79 Å². The number of amides is 1. The van der Waals surface area contributed by atoms with Gasteiger partial charge in [0.15, 0.2) is 6.61 Å². The zero-order chi connectivity index (χ0) is 18.5. The van der Waals surface area contributed by atoms with Crippen LogP contribution in [0.4, 0.5) is 5.69 Å². The molecule has 1 aliphatic rings. The number of benzene rings is 2. The van der Waals surface area contributed by atoms with E-state index < -0.39 is 5.97 Å². The second-order valence-electron chi connectivity index (χ2n) is 6.46. The summed E-state index contributed by atoms with van der Waals surface area (Å²) in [7, 11) is 1.33. The molecule has 136 valence electrons. The van der Waals surface area contributed by atoms with Gasteiger partial charge < -0.3 is 14.8 Å². The maximum atomic E-state index is 12.3. The van der Waals surface area contributed by atoms with Crippen LogP contribution in [0.15, 0.2) is 36.4 Å². The molecule has 0 atom stereocenters. The lowest BCUT2D eigenvalue weighted by molar-refractivity contribution is -0.118. The number of anilines is 1. The van der Waals surface area contributed by atoms with Gasteiger partial charge in [-0.1, -0.05) is 18.2 Å². The summed E-state index contributed by atoms with van der Waals surface area (Å²) >= 11 is 0. The van der Waals surface area contributed by atoms with E-state index in [0.29, 0.717) is 11.3 Å². The molecule has 3 rings (SSSR count). The van der Waals surface area contributed by atoms with E-state index in [1.165, 1.54) is 24.7 Å². The molecule has 1 aliphatic carbocycles. The lowest BCUT2D eigenvalue weighted by Crippen LogP contribution is -2.21. The predicted octanol–water partition coefficient (Wildman–Crippen LogP) is 3.68. The number of hydrogen-bond donors (Lipinski definition) is 1. The van der Waals surface area contributed by atoms with Crippen LogP contribution >= 0.6 is 0 Å². The van der Waals surface area contributed by atoms with Gasteiger partial charge in [-0.05, 0) is 67.5 Å². The second kappa shape index (κ2) is 8.04. The number of carbonyl (C=O) groups excluding carboxylic acids is 2. The van der Waals surface area contributed by atoms with E-state index in [1.54, 1.807) is 18.2 Å². The third kappa shape index (κ3) is 4.04. The van der Waals surface area contributed by atoms with Crippen LogP contribution in [0.1, 0.15) is 39.9 Å². The largest absolute Gasteiger partial charge is 0.483 e. The number of carbonyl (C=O) groups is 2. The van der Waals surface area contributed by atoms with Gasteiger partial charge in [0.25, 0.3) is 5.91 Å². The Morgan fingerprint density at radius 2 is 1.92 bits per heavy atom. The summed E-state index contributed by atoms with van der Waals surface area (Å²) in [5, 5.41) is 2.81. The van der Waals surface area contributed by atoms with E-state index in [1.807, 2.05) is 19.1 Å². The molecule has 0 saturated carbocycles. The molecule has 26 heavy (non-hydrogen) atoms. The Morgan fingerprint density at radius 1 is 1.12 bits per heavy atom. The fourth-order valence-corrected chi connectivity index (χ4v) is 3.21. The number of fused-ring (bicyclic) bond motifs is 1. The van der Waals surface area contributed by atoms with Crippen LogP contribution in [0.5, 0.6) is 5.75 Å². The summed E-state index contributed by atoms with van der Waals surface area (Å²) in [6.07, 6.45) is 4.41. The molecule has 0 heterocycles. The van der Waals surface area contributed by atoms with Crippen LogP contribution in [0.2, 0.25) is 0 Å². The van der Waals surface area contributed by atoms with E-state index >= 15 is 0 Å². The van der Waals surface area contributed by atoms with E-state index in [-0.39, 0.29) is 12.5 Å². The first kappa shape index (κ1) is 18.0. The number of methoxy groups -OCH3 is 1. The number of rotatable bonds is 5. The molecule has 0 fully saturated rings. The predicted molar refractivity (Wildman–Crippen MR) is 99.7 cm³/mol. The minimum Gasteiger partial charge on any atom is -0.483 e. The Morgan fingerprint density at radius 3 is 2.73 bits per heavy atom. The Balaban J connectivity index is 1.66. The lowest BCUT2D eigenvalue weighted by Gasteiger charge is -2.19. The minimum absolute atomic E-state index is 0.0711. The standard InChI is InChI=1S/C21H23NO4/c1-14-10-11-16(21(24)25-2)12-18(14)22-20(23)13-26-19-9-5-7-15-6-3-4-8-17(15)19/h5,7,9-12H,3-4,6,8,13H2,1-2H3,(H,22,23). The Kier molecular flexibility index (Phi) is 5.56. The van der Waals surface area contributed by atoms with Gasteiger partial charge in [0.2, 0.25) is 0 Å². The van der Waals surface area contributed by atoms with Gasteiger partial charge in [-0.3, -0.25) is 4.79 Å². The molecule has 2 aromatic rings. The molecule has 0 aromatic heterocycles. The molecule has 0 radical (unpaired) electrons. The SMILES string of the molecule is COC(=O)c1ccc(C)c(NC(=O)COc2cccc3c2CCCC3)c1. The van der Waals surface area contributed by atoms with Crippen molar-refractivity contribution in [2.24, 2.45) is 0 Å². The van der Waals surface area contributed by atoms with Gasteiger partial charge in [-0.2, -0.15) is 0 Å². The van der Waals surface area contributed by atoms with Crippen molar-refractivity contribution in [2.45, 2.75) is 32.6 Å². The third-order valence-corrected chi connectivity index (χ3v) is 4.64. The van der Waals surface area contributed by atoms with Crippen LogP contribution in [0.3, 0.4) is 0 Å². The summed E-state index contributed by atoms with van der Waals surface area (Å²) in [6.45, 7) is 1.80. The zero-order valence-electron chi connectivity index (χ0n) is 15.1. The molecule has 5 heteroatoms. The van der Waals surface area contributed by atoms with Crippen LogP contribution in [-0.4, -0.2) is 25.6 Å². The highest BCUT2D eigenvalue weighted by Crippen LogP contribution is 2.29. The molecule has 1 N–H and O–H groups in total. The average molecular weight is 353 g/mol. The highest BCUT2D eigenvalue weighted by Gasteiger charge is 2.15. The van der Waals surface area contributed by atoms with Gasteiger partial charge in [0, 0.05) is 5.69 Å². The average Bonchev–Trinajstić information content (AvgIpc) is 2.67. The Bertz CT molecular complexity index is 829. The van der Waals surface area contributed by atoms with Gasteiger partial charge >= 0.3 is 5.97 Å². The van der Waals surface area contributed by atoms with Crippen molar-refractivity contribution in [1.29, 1.82) is 0 Å². The maximum absolute atomic E-state index is 12.3. The van der Waals surface area contributed by atoms with Crippen molar-refractivity contribution >= 4 is 17.6 Å². The number of nitrogens with one attached hydrogen (secondary N) is 1. The maximum Gasteiger partial charge on any atom is 0.337 e. The highest BCUT2D eigenvalue weighted by molar-refractivity contribution is 5.95. The topological polar surface area (TPSA) is 64.6 Å². The van der Waals surface area contributed by atoms with Gasteiger partial charge in [0.1, 0.15) is 5.75 Å². The summed E-state index contributed by atoms with van der Waals surface area (Å²) in [6, 6.07) is 11.1. The second-order valence-corrected chi connectivity index (χ2v) is 6.46. The molecule has 0 spiro atoms. The van der Waals surface area contributed by atoms with E-state index in [9.17, 15) is 9.59 Å². The smallest absolute Gasteiger partial charge is 0.337 e. The van der Waals surface area contributed by atoms with E-state index in [4.69, 9.17) is 9.47 Å². The molecule has 0 aliphatic heterocycles. The van der Waals surface area contributed by atoms with Gasteiger partial charge in [-0.15, -0.1) is 0 Å². The molecule has 0 unspecified atom stereocenters. The summed E-state index contributed by atoms with van der Waals surface area (Å²) in [4.78, 5) is 24.0. The molecule has 0 saturated heterocycles. The first-order chi connectivity index (χ1) is 12.6. The fraction of sp³-hybridized carbons (Fsp3) is 0.333. The molecular formula is C21H23NO4. The van der Waals surface area contributed by atoms with Gasteiger partial charge in [0.05, 0.1) is 12.7 Å². The number of aryl methyl sites for hydroxylation is 2. The molecule has 2 aromatic carbocycles. The van der Waals surface area contributed by atoms with E-state index in [0.717, 1.165) is 30.6 Å². The van der Waals surface area contributed by atoms with Crippen molar-refractivity contribution in [3.63, 3.8) is 0 Å². The number of hydrogen-bond acceptors (Lipinski definition) is 4. The lowest BCUT2D eigenvalue weighted by atomic mass is 9.91. The highest BCUT2D eigenvalue weighted by atomic mass is 16.5. The minimum atomic E-state index is -0.437. The van der Waals surface area contributed by atoms with Crippen molar-refractivity contribution in [3.8, 4) is 5.75 Å². The fourth-order valence-electron chi connectivity index (χ4n) is 3.21. The van der Waals surface area contributed by atoms with Crippen LogP contribution < -0.4 is 10.1 Å². The summed E-state index contributed by atoms with van der Waals surface area (Å²) in [5.41, 5.74) is 4.37. The van der Waals surface area contributed by atoms with E-state index in [2.05, 4.69) is 11.4 Å². The number of ether oxygens (including phenoxy) is 2. The Labute approximate surface area is 153 Å². The van der Waals surface area contributed by atoms with Crippen LogP contribution in [-0.2, 0) is 22.4 Å². The van der Waals surface area contributed by atoms with Crippen molar-refractivity contribution in [3.05, 3.63) is 58.7 Å². The summed E-state index contributed by atoms with van der Waals surface area (Å²) in [5.74, 6) is 0.0913. The monoisotopic (exact) mass is 353 g/mol. The Hall–Kier alpha value is -2.82. The number of esters is 1. The zero-order valence-corrected chi connectivity index (χ0v) is 15.1. The van der Waals surface area contributed by atoms with Crippen LogP contribution in [0.25, 0.3) is 0 Å². The molecule has 5 nitrogen and oxygen atoms in total. The molecule has 0 bridgehead atoms. The normalized spacial score (nSPS) is 12.8. The van der Waals surface area contributed by atoms with Crippen molar-refractivity contribution in [2.75, 3.05) is 19.0 Å². The van der Waals surface area contributed by atoms with Crippen molar-refractivity contribution in [1.82, 2.24) is 0 Å². The van der Waals surface area contributed by atoms with Crippen LogP contribution in [0, 0.1) is 6.92 Å². The first-order valence-electron chi connectivity index (χ1n) is 8.81. The van der Waals surface area contributed by atoms with Crippen molar-refractivity contribution < 1.29 is 19.1 Å². The third-order valence-electron chi connectivity index (χ3n) is 4.64. The summed E-state index contributed by atoms with van der Waals surface area (Å²) < 4.78 is 10.5. The molecular weight excluding hydrogens is 330 g/mol. The first-order valence-corrected chi connectivity index (χ1v) is 8.81. The quantitative estimate of drug-likeness (QED) is 0.833. The molecule has 1 amide bonds.